The van der Waals surface area contributed by atoms with Crippen molar-refractivity contribution in [2.45, 2.75) is 46.2 Å². The minimum absolute atomic E-state index is 0.0569. The van der Waals surface area contributed by atoms with Crippen LogP contribution in [0.15, 0.2) is 6.07 Å². The van der Waals surface area contributed by atoms with Crippen molar-refractivity contribution in [3.05, 3.63) is 17.5 Å². The summed E-state index contributed by atoms with van der Waals surface area (Å²) >= 11 is 0. The summed E-state index contributed by atoms with van der Waals surface area (Å²) in [6.45, 7) is 5.72. The van der Waals surface area contributed by atoms with E-state index in [9.17, 15) is 9.59 Å². The maximum absolute atomic E-state index is 11.7. The van der Waals surface area contributed by atoms with Gasteiger partial charge in [-0.15, -0.1) is 0 Å². The van der Waals surface area contributed by atoms with E-state index in [1.165, 1.54) is 0 Å². The van der Waals surface area contributed by atoms with Gasteiger partial charge in [0.2, 0.25) is 5.91 Å². The number of nitrogens with zero attached hydrogens (tertiary/aromatic N) is 2. The van der Waals surface area contributed by atoms with Crippen LogP contribution in [0.1, 0.15) is 31.2 Å². The monoisotopic (exact) mass is 253 g/mol. The van der Waals surface area contributed by atoms with Crippen LogP contribution in [0, 0.1) is 13.8 Å². The Kier molecular flexibility index (Phi) is 4.88. The van der Waals surface area contributed by atoms with Crippen LogP contribution in [-0.2, 0) is 16.1 Å². The van der Waals surface area contributed by atoms with Gasteiger partial charge in [0.15, 0.2) is 0 Å². The highest BCUT2D eigenvalue weighted by Gasteiger charge is 2.11. The molecule has 0 radical (unpaired) electrons. The van der Waals surface area contributed by atoms with Gasteiger partial charge in [-0.25, -0.2) is 0 Å². The van der Waals surface area contributed by atoms with E-state index in [1.807, 2.05) is 19.9 Å². The standard InChI is InChI=1S/C12H19N3O3/c1-8(4-5-12(17)18)13-11(16)7-15-10(3)6-9(2)14-15/h6,8H,4-5,7H2,1-3H3,(H,13,16)(H,17,18). The number of carboxylic acid groups (broad SMARTS) is 1. The van der Waals surface area contributed by atoms with E-state index >= 15 is 0 Å². The minimum atomic E-state index is -0.852. The molecule has 0 saturated carbocycles. The smallest absolute Gasteiger partial charge is 0.303 e. The number of hydrogen-bond acceptors (Lipinski definition) is 3. The molecule has 2 N–H and O–H groups in total. The highest BCUT2D eigenvalue weighted by Crippen LogP contribution is 2.02. The molecule has 1 amide bonds. The Morgan fingerprint density at radius 3 is 2.67 bits per heavy atom. The van der Waals surface area contributed by atoms with Crippen molar-refractivity contribution < 1.29 is 14.7 Å². The number of carbonyl (C=O) groups is 2. The number of hydrogen-bond donors (Lipinski definition) is 2. The van der Waals surface area contributed by atoms with E-state index in [1.54, 1.807) is 11.6 Å². The van der Waals surface area contributed by atoms with Gasteiger partial charge in [-0.3, -0.25) is 14.3 Å². The van der Waals surface area contributed by atoms with Gasteiger partial charge in [-0.1, -0.05) is 0 Å². The lowest BCUT2D eigenvalue weighted by molar-refractivity contribution is -0.137. The van der Waals surface area contributed by atoms with E-state index in [2.05, 4.69) is 10.4 Å². The molecule has 0 bridgehead atoms. The van der Waals surface area contributed by atoms with E-state index < -0.39 is 5.97 Å². The average molecular weight is 253 g/mol. The van der Waals surface area contributed by atoms with Crippen LogP contribution in [0.2, 0.25) is 0 Å². The molecule has 0 aliphatic carbocycles. The molecule has 1 rings (SSSR count). The number of aliphatic carboxylic acids is 1. The second-order valence-corrected chi connectivity index (χ2v) is 4.49. The Morgan fingerprint density at radius 2 is 2.17 bits per heavy atom. The minimum Gasteiger partial charge on any atom is -0.481 e. The van der Waals surface area contributed by atoms with Crippen LogP contribution in [0.3, 0.4) is 0 Å². The van der Waals surface area contributed by atoms with Crippen molar-refractivity contribution in [1.29, 1.82) is 0 Å². The SMILES string of the molecule is Cc1cc(C)n(CC(=O)NC(C)CCC(=O)O)n1. The molecule has 18 heavy (non-hydrogen) atoms. The van der Waals surface area contributed by atoms with Crippen LogP contribution in [-0.4, -0.2) is 32.8 Å². The van der Waals surface area contributed by atoms with Gasteiger partial charge in [0.05, 0.1) is 5.69 Å². The normalized spacial score (nSPS) is 12.2. The molecule has 1 unspecified atom stereocenters. The third-order valence-corrected chi connectivity index (χ3v) is 2.60. The summed E-state index contributed by atoms with van der Waals surface area (Å²) in [5.74, 6) is -1.01. The highest BCUT2D eigenvalue weighted by molar-refractivity contribution is 5.76. The molecule has 0 aliphatic heterocycles. The van der Waals surface area contributed by atoms with Crippen molar-refractivity contribution >= 4 is 11.9 Å². The molecule has 0 aliphatic rings. The molecule has 0 spiro atoms. The fraction of sp³-hybridized carbons (Fsp3) is 0.583. The zero-order chi connectivity index (χ0) is 13.7. The Bertz CT molecular complexity index is 440. The number of carboxylic acids is 1. The molecule has 0 fully saturated rings. The summed E-state index contributed by atoms with van der Waals surface area (Å²) in [7, 11) is 0. The summed E-state index contributed by atoms with van der Waals surface area (Å²) in [5, 5.41) is 15.5. The molecule has 0 aromatic carbocycles. The van der Waals surface area contributed by atoms with Crippen molar-refractivity contribution in [3.63, 3.8) is 0 Å². The predicted octanol–water partition coefficient (Wildman–Crippen LogP) is 0.869. The molecule has 1 aromatic heterocycles. The summed E-state index contributed by atoms with van der Waals surface area (Å²) in [6, 6.07) is 1.76. The largest absolute Gasteiger partial charge is 0.481 e. The summed E-state index contributed by atoms with van der Waals surface area (Å²) < 4.78 is 1.63. The first-order chi connectivity index (χ1) is 8.38. The lowest BCUT2D eigenvalue weighted by atomic mass is 10.2. The van der Waals surface area contributed by atoms with E-state index in [-0.39, 0.29) is 24.9 Å². The third kappa shape index (κ3) is 4.57. The van der Waals surface area contributed by atoms with Crippen LogP contribution in [0.5, 0.6) is 0 Å². The molecule has 0 saturated heterocycles. The molecule has 1 atom stereocenters. The molecular formula is C12H19N3O3. The summed E-state index contributed by atoms with van der Waals surface area (Å²) in [4.78, 5) is 22.1. The zero-order valence-electron chi connectivity index (χ0n) is 10.9. The van der Waals surface area contributed by atoms with Crippen LogP contribution >= 0.6 is 0 Å². The van der Waals surface area contributed by atoms with Crippen molar-refractivity contribution in [3.8, 4) is 0 Å². The summed E-state index contributed by atoms with van der Waals surface area (Å²) in [6.07, 6.45) is 0.486. The number of amides is 1. The molecular weight excluding hydrogens is 234 g/mol. The quantitative estimate of drug-likeness (QED) is 0.787. The van der Waals surface area contributed by atoms with E-state index in [0.717, 1.165) is 11.4 Å². The Labute approximate surface area is 106 Å². The van der Waals surface area contributed by atoms with Gasteiger partial charge in [-0.05, 0) is 33.3 Å². The van der Waals surface area contributed by atoms with Gasteiger partial charge >= 0.3 is 5.97 Å². The number of aryl methyl sites for hydroxylation is 2. The predicted molar refractivity (Wildman–Crippen MR) is 66.2 cm³/mol. The molecule has 1 heterocycles. The number of rotatable bonds is 6. The van der Waals surface area contributed by atoms with Gasteiger partial charge in [-0.2, -0.15) is 5.10 Å². The third-order valence-electron chi connectivity index (χ3n) is 2.60. The molecule has 100 valence electrons. The molecule has 6 nitrogen and oxygen atoms in total. The second-order valence-electron chi connectivity index (χ2n) is 4.49. The topological polar surface area (TPSA) is 84.2 Å². The fourth-order valence-electron chi connectivity index (χ4n) is 1.70. The first kappa shape index (κ1) is 14.2. The van der Waals surface area contributed by atoms with E-state index in [4.69, 9.17) is 5.11 Å². The first-order valence-electron chi connectivity index (χ1n) is 5.90. The molecule has 1 aromatic rings. The van der Waals surface area contributed by atoms with Crippen molar-refractivity contribution in [2.75, 3.05) is 0 Å². The zero-order valence-corrected chi connectivity index (χ0v) is 10.9. The first-order valence-corrected chi connectivity index (χ1v) is 5.90. The lowest BCUT2D eigenvalue weighted by Crippen LogP contribution is -2.35. The van der Waals surface area contributed by atoms with Crippen LogP contribution < -0.4 is 5.32 Å². The number of carbonyl (C=O) groups excluding carboxylic acids is 1. The van der Waals surface area contributed by atoms with Gasteiger partial charge < -0.3 is 10.4 Å². The van der Waals surface area contributed by atoms with Crippen molar-refractivity contribution in [1.82, 2.24) is 15.1 Å². The average Bonchev–Trinajstić information content (AvgIpc) is 2.54. The van der Waals surface area contributed by atoms with Gasteiger partial charge in [0.1, 0.15) is 6.54 Å². The Hall–Kier alpha value is -1.85. The second kappa shape index (κ2) is 6.18. The highest BCUT2D eigenvalue weighted by atomic mass is 16.4. The van der Waals surface area contributed by atoms with Crippen molar-refractivity contribution in [2.24, 2.45) is 0 Å². The fourth-order valence-corrected chi connectivity index (χ4v) is 1.70. The Balaban J connectivity index is 2.42. The van der Waals surface area contributed by atoms with Crippen LogP contribution in [0.25, 0.3) is 0 Å². The molecule has 6 heteroatoms. The lowest BCUT2D eigenvalue weighted by Gasteiger charge is -2.13. The summed E-state index contributed by atoms with van der Waals surface area (Å²) in [5.41, 5.74) is 1.81. The number of aromatic nitrogens is 2. The Morgan fingerprint density at radius 1 is 1.50 bits per heavy atom. The van der Waals surface area contributed by atoms with Gasteiger partial charge in [0.25, 0.3) is 0 Å². The van der Waals surface area contributed by atoms with Gasteiger partial charge in [0, 0.05) is 18.2 Å². The maximum atomic E-state index is 11.7. The van der Waals surface area contributed by atoms with E-state index in [0.29, 0.717) is 6.42 Å². The maximum Gasteiger partial charge on any atom is 0.303 e. The number of nitrogens with one attached hydrogen (secondary N) is 1. The van der Waals surface area contributed by atoms with Crippen LogP contribution in [0.4, 0.5) is 0 Å².